The van der Waals surface area contributed by atoms with Crippen LogP contribution >= 0.6 is 0 Å². The first-order valence-corrected chi connectivity index (χ1v) is 32.6. The van der Waals surface area contributed by atoms with E-state index in [9.17, 15) is 14.4 Å². The van der Waals surface area contributed by atoms with E-state index in [1.165, 1.54) is 0 Å². The molecule has 0 aromatic heterocycles. The molecule has 0 aliphatic heterocycles. The van der Waals surface area contributed by atoms with Crippen LogP contribution in [0, 0.1) is 0 Å². The lowest BCUT2D eigenvalue weighted by Crippen LogP contribution is -2.30. The average molecular weight is 1140 g/mol. The molecule has 0 saturated heterocycles. The van der Waals surface area contributed by atoms with Crippen molar-refractivity contribution in [3.8, 4) is 0 Å². The maximum Gasteiger partial charge on any atom is 0.306 e. The monoisotopic (exact) mass is 1140 g/mol. The molecule has 6 heteroatoms. The zero-order valence-corrected chi connectivity index (χ0v) is 52.6. The lowest BCUT2D eigenvalue weighted by molar-refractivity contribution is -0.167. The van der Waals surface area contributed by atoms with E-state index in [1.54, 1.807) is 0 Å². The van der Waals surface area contributed by atoms with Crippen molar-refractivity contribution in [2.24, 2.45) is 0 Å². The summed E-state index contributed by atoms with van der Waals surface area (Å²) in [5, 5.41) is 0. The van der Waals surface area contributed by atoms with Crippen LogP contribution in [0.15, 0.2) is 207 Å². The lowest BCUT2D eigenvalue weighted by Gasteiger charge is -2.18. The molecule has 0 fully saturated rings. The zero-order chi connectivity index (χ0) is 59.9. The Morgan fingerprint density at radius 2 is 0.434 bits per heavy atom. The molecule has 0 bridgehead atoms. The van der Waals surface area contributed by atoms with Crippen LogP contribution in [0.3, 0.4) is 0 Å². The van der Waals surface area contributed by atoms with E-state index in [0.29, 0.717) is 19.3 Å². The fraction of sp³-hybridized carbons (Fsp3) is 0.519. The summed E-state index contributed by atoms with van der Waals surface area (Å²) in [7, 11) is 0. The molecule has 0 rings (SSSR count). The third-order valence-electron chi connectivity index (χ3n) is 12.8. The SMILES string of the molecule is CC/C=C\C/C=C\C/C=C\C/C=C\C/C=C\C/C=C\C/C=C\CCCCCCCC(=O)OCC(COC(=O)CCCCC/C=C\C/C=C\C/C=C\C/C=C\C/C=C\CC)OC(=O)CCCCC/C=C\C/C=C\C/C=C\C/C=C\C/C=C\CC. The first kappa shape index (κ1) is 77.0. The van der Waals surface area contributed by atoms with Crippen molar-refractivity contribution in [1.82, 2.24) is 0 Å². The molecule has 0 aliphatic rings. The predicted molar refractivity (Wildman–Crippen MR) is 361 cm³/mol. The highest BCUT2D eigenvalue weighted by molar-refractivity contribution is 5.71. The summed E-state index contributed by atoms with van der Waals surface area (Å²) in [5.74, 6) is -1.02. The topological polar surface area (TPSA) is 78.9 Å². The van der Waals surface area contributed by atoms with Gasteiger partial charge in [-0.2, -0.15) is 0 Å². The highest BCUT2D eigenvalue weighted by Gasteiger charge is 2.19. The van der Waals surface area contributed by atoms with Crippen LogP contribution in [0.1, 0.15) is 239 Å². The maximum atomic E-state index is 12.9. The molecule has 0 aromatic carbocycles. The molecular formula is C77H116O6. The van der Waals surface area contributed by atoms with Crippen LogP contribution in [0.2, 0.25) is 0 Å². The van der Waals surface area contributed by atoms with Crippen molar-refractivity contribution in [2.45, 2.75) is 245 Å². The summed E-state index contributed by atoms with van der Waals surface area (Å²) >= 11 is 0. The molecule has 0 aliphatic carbocycles. The van der Waals surface area contributed by atoms with E-state index in [0.717, 1.165) is 193 Å². The van der Waals surface area contributed by atoms with Gasteiger partial charge in [0, 0.05) is 19.3 Å². The Morgan fingerprint density at radius 1 is 0.241 bits per heavy atom. The molecule has 83 heavy (non-hydrogen) atoms. The number of carbonyl (C=O) groups is 3. The van der Waals surface area contributed by atoms with Crippen LogP contribution in [0.5, 0.6) is 0 Å². The summed E-state index contributed by atoms with van der Waals surface area (Å²) in [6.45, 7) is 6.21. The van der Waals surface area contributed by atoms with Gasteiger partial charge in [-0.3, -0.25) is 14.4 Å². The Bertz CT molecular complexity index is 2030. The van der Waals surface area contributed by atoms with E-state index in [-0.39, 0.29) is 37.5 Å². The second-order valence-electron chi connectivity index (χ2n) is 20.5. The number of hydrogen-bond acceptors (Lipinski definition) is 6. The summed E-state index contributed by atoms with van der Waals surface area (Å²) in [4.78, 5) is 38.4. The first-order chi connectivity index (χ1) is 41.0. The molecule has 0 N–H and O–H groups in total. The van der Waals surface area contributed by atoms with E-state index in [4.69, 9.17) is 14.2 Å². The number of ether oxygens (including phenoxy) is 3. The number of rotatable bonds is 56. The quantitative estimate of drug-likeness (QED) is 0.0261. The van der Waals surface area contributed by atoms with Crippen LogP contribution in [-0.4, -0.2) is 37.2 Å². The molecule has 1 unspecified atom stereocenters. The highest BCUT2D eigenvalue weighted by atomic mass is 16.6. The Balaban J connectivity index is 4.57. The Morgan fingerprint density at radius 3 is 0.687 bits per heavy atom. The van der Waals surface area contributed by atoms with Crippen LogP contribution in [0.25, 0.3) is 0 Å². The minimum Gasteiger partial charge on any atom is -0.462 e. The fourth-order valence-electron chi connectivity index (χ4n) is 8.00. The molecule has 0 heterocycles. The van der Waals surface area contributed by atoms with Gasteiger partial charge >= 0.3 is 17.9 Å². The zero-order valence-electron chi connectivity index (χ0n) is 52.6. The second kappa shape index (κ2) is 68.5. The van der Waals surface area contributed by atoms with Gasteiger partial charge in [0.05, 0.1) is 0 Å². The minimum atomic E-state index is -0.834. The van der Waals surface area contributed by atoms with Gasteiger partial charge in [0.2, 0.25) is 0 Å². The molecule has 0 aromatic rings. The van der Waals surface area contributed by atoms with E-state index in [2.05, 4.69) is 227 Å². The van der Waals surface area contributed by atoms with Gasteiger partial charge in [-0.25, -0.2) is 0 Å². The van der Waals surface area contributed by atoms with Crippen molar-refractivity contribution in [3.05, 3.63) is 207 Å². The molecule has 0 radical (unpaired) electrons. The summed E-state index contributed by atoms with van der Waals surface area (Å²) in [6, 6.07) is 0. The Hall–Kier alpha value is -6.01. The number of allylic oxidation sites excluding steroid dienone is 34. The second-order valence-corrected chi connectivity index (χ2v) is 20.5. The summed E-state index contributed by atoms with van der Waals surface area (Å²) < 4.78 is 16.9. The first-order valence-electron chi connectivity index (χ1n) is 32.6. The third-order valence-corrected chi connectivity index (χ3v) is 12.8. The number of carbonyl (C=O) groups excluding carboxylic acids is 3. The van der Waals surface area contributed by atoms with Crippen molar-refractivity contribution in [1.29, 1.82) is 0 Å². The summed E-state index contributed by atoms with van der Waals surface area (Å²) in [5.41, 5.74) is 0. The maximum absolute atomic E-state index is 12.9. The standard InChI is InChI=1S/C77H116O6/c1-4-7-10-13-16-19-22-25-28-31-34-35-36-37-38-39-40-41-44-46-49-52-55-58-61-64-67-70-76(79)82-73-74(83-77(80)71-68-65-62-59-56-53-50-47-43-33-30-27-24-21-18-15-12-9-6-3)72-81-75(78)69-66-63-60-57-54-51-48-45-42-32-29-26-23-20-17-14-11-8-5-2/h7-12,16-21,25-30,34-35,37-38,40-43,45-47,49,51,53-54,56,74H,4-6,13-15,22-24,31-33,36,39,44,48,50,52,55,57-73H2,1-3H3/b10-7-,11-8-,12-9-,19-16-,20-17-,21-18-,28-25-,29-26-,30-27-,35-34-,38-37-,41-40-,45-42-,47-43-,49-46-,54-51-,56-53-. The van der Waals surface area contributed by atoms with Gasteiger partial charge in [0.1, 0.15) is 13.2 Å². The van der Waals surface area contributed by atoms with Crippen LogP contribution in [0.4, 0.5) is 0 Å². The van der Waals surface area contributed by atoms with Gasteiger partial charge in [-0.1, -0.05) is 259 Å². The van der Waals surface area contributed by atoms with Crippen molar-refractivity contribution >= 4 is 17.9 Å². The van der Waals surface area contributed by atoms with Crippen LogP contribution in [-0.2, 0) is 28.6 Å². The van der Waals surface area contributed by atoms with Crippen LogP contribution < -0.4 is 0 Å². The molecule has 0 saturated carbocycles. The van der Waals surface area contributed by atoms with Crippen molar-refractivity contribution in [2.75, 3.05) is 13.2 Å². The predicted octanol–water partition coefficient (Wildman–Crippen LogP) is 22.8. The van der Waals surface area contributed by atoms with Crippen molar-refractivity contribution in [3.63, 3.8) is 0 Å². The normalized spacial score (nSPS) is 13.5. The van der Waals surface area contributed by atoms with E-state index < -0.39 is 6.10 Å². The van der Waals surface area contributed by atoms with Crippen molar-refractivity contribution < 1.29 is 28.6 Å². The molecule has 0 amide bonds. The average Bonchev–Trinajstić information content (AvgIpc) is 3.50. The number of hydrogen-bond donors (Lipinski definition) is 0. The van der Waals surface area contributed by atoms with E-state index >= 15 is 0 Å². The van der Waals surface area contributed by atoms with Gasteiger partial charge in [-0.15, -0.1) is 0 Å². The third kappa shape index (κ3) is 66.7. The van der Waals surface area contributed by atoms with E-state index in [1.807, 2.05) is 0 Å². The molecule has 0 spiro atoms. The molecule has 1 atom stereocenters. The Labute approximate surface area is 509 Å². The molecule has 460 valence electrons. The fourth-order valence-corrected chi connectivity index (χ4v) is 8.00. The molecular weight excluding hydrogens is 1020 g/mol. The van der Waals surface area contributed by atoms with Gasteiger partial charge in [0.25, 0.3) is 0 Å². The van der Waals surface area contributed by atoms with Gasteiger partial charge in [0.15, 0.2) is 6.10 Å². The van der Waals surface area contributed by atoms with Gasteiger partial charge in [-0.05, 0) is 167 Å². The van der Waals surface area contributed by atoms with Gasteiger partial charge < -0.3 is 14.2 Å². The summed E-state index contributed by atoms with van der Waals surface area (Å²) in [6.07, 6.45) is 105. The highest BCUT2D eigenvalue weighted by Crippen LogP contribution is 2.12. The lowest BCUT2D eigenvalue weighted by atomic mass is 10.1. The smallest absolute Gasteiger partial charge is 0.306 e. The number of unbranched alkanes of at least 4 members (excludes halogenated alkanes) is 11. The molecule has 6 nitrogen and oxygen atoms in total. The Kier molecular flexibility index (Phi) is 63.5. The largest absolute Gasteiger partial charge is 0.462 e. The minimum absolute atomic E-state index is 0.125. The number of esters is 3.